The Bertz CT molecular complexity index is 824. The van der Waals surface area contributed by atoms with Gasteiger partial charge in [0, 0.05) is 13.0 Å². The van der Waals surface area contributed by atoms with Crippen LogP contribution in [0.15, 0.2) is 33.8 Å². The molecule has 0 bridgehead atoms. The molecule has 0 saturated heterocycles. The molecule has 8 heteroatoms. The molecule has 0 spiro atoms. The van der Waals surface area contributed by atoms with Crippen LogP contribution in [0.1, 0.15) is 24.6 Å². The first-order valence-corrected chi connectivity index (χ1v) is 8.47. The van der Waals surface area contributed by atoms with E-state index in [9.17, 15) is 4.39 Å². The maximum atomic E-state index is 13.9. The summed E-state index contributed by atoms with van der Waals surface area (Å²) in [5.74, 6) is 1.68. The fraction of sp³-hybridized carbons (Fsp3) is 0.286. The summed E-state index contributed by atoms with van der Waals surface area (Å²) in [6, 6.07) is 6.56. The van der Waals surface area contributed by atoms with E-state index in [-0.39, 0.29) is 5.82 Å². The summed E-state index contributed by atoms with van der Waals surface area (Å²) in [5.41, 5.74) is 0.445. The minimum Gasteiger partial charge on any atom is -0.305 e. The Morgan fingerprint density at radius 1 is 1.27 bits per heavy atom. The lowest BCUT2D eigenvalue weighted by Crippen LogP contribution is -1.96. The van der Waals surface area contributed by atoms with Gasteiger partial charge in [-0.15, -0.1) is 10.2 Å². The lowest BCUT2D eigenvalue weighted by atomic mass is 10.2. The minimum atomic E-state index is -0.304. The average molecular weight is 333 g/mol. The highest BCUT2D eigenvalue weighted by atomic mass is 32.2. The van der Waals surface area contributed by atoms with Crippen molar-refractivity contribution in [3.05, 3.63) is 35.9 Å². The van der Waals surface area contributed by atoms with Gasteiger partial charge in [0.1, 0.15) is 11.6 Å². The van der Waals surface area contributed by atoms with Crippen molar-refractivity contribution in [1.82, 2.24) is 24.1 Å². The van der Waals surface area contributed by atoms with E-state index in [0.29, 0.717) is 22.5 Å². The molecule has 1 aliphatic carbocycles. The number of hydrogen-bond acceptors (Lipinski definition) is 6. The molecule has 0 N–H and O–H groups in total. The Balaban J connectivity index is 1.61. The number of aromatic nitrogens is 5. The second-order valence-electron chi connectivity index (χ2n) is 5.14. The molecule has 3 aromatic rings. The smallest absolute Gasteiger partial charge is 0.198 e. The summed E-state index contributed by atoms with van der Waals surface area (Å²) in [4.78, 5) is 4.52. The van der Waals surface area contributed by atoms with Gasteiger partial charge in [0.05, 0.1) is 5.56 Å². The van der Waals surface area contributed by atoms with E-state index < -0.39 is 0 Å². The van der Waals surface area contributed by atoms with Gasteiger partial charge >= 0.3 is 0 Å². The molecule has 2 heterocycles. The van der Waals surface area contributed by atoms with Crippen molar-refractivity contribution in [1.29, 1.82) is 0 Å². The second kappa shape index (κ2) is 5.44. The molecule has 2 aromatic heterocycles. The largest absolute Gasteiger partial charge is 0.305 e. The van der Waals surface area contributed by atoms with Gasteiger partial charge in [-0.3, -0.25) is 0 Å². The third-order valence-electron chi connectivity index (χ3n) is 3.49. The molecule has 4 rings (SSSR count). The van der Waals surface area contributed by atoms with Crippen molar-refractivity contribution in [3.8, 4) is 11.4 Å². The van der Waals surface area contributed by atoms with Crippen molar-refractivity contribution in [3.63, 3.8) is 0 Å². The topological polar surface area (TPSA) is 56.5 Å². The highest BCUT2D eigenvalue weighted by molar-refractivity contribution is 8.00. The van der Waals surface area contributed by atoms with Crippen molar-refractivity contribution in [2.45, 2.75) is 28.3 Å². The monoisotopic (exact) mass is 333 g/mol. The summed E-state index contributed by atoms with van der Waals surface area (Å²) in [5, 5.41) is 8.93. The molecule has 0 unspecified atom stereocenters. The van der Waals surface area contributed by atoms with Gasteiger partial charge in [0.2, 0.25) is 0 Å². The average Bonchev–Trinajstić information content (AvgIpc) is 3.17. The molecule has 1 aliphatic rings. The van der Waals surface area contributed by atoms with E-state index in [1.807, 2.05) is 7.05 Å². The van der Waals surface area contributed by atoms with Crippen LogP contribution in [0.2, 0.25) is 0 Å². The number of halogens is 1. The van der Waals surface area contributed by atoms with E-state index in [1.165, 1.54) is 42.2 Å². The fourth-order valence-corrected chi connectivity index (χ4v) is 3.71. The lowest BCUT2D eigenvalue weighted by molar-refractivity contribution is 0.628. The normalized spacial score (nSPS) is 14.5. The van der Waals surface area contributed by atoms with E-state index in [1.54, 1.807) is 22.8 Å². The molecule has 22 heavy (non-hydrogen) atoms. The molecule has 112 valence electrons. The maximum absolute atomic E-state index is 13.9. The quantitative estimate of drug-likeness (QED) is 0.731. The molecule has 0 radical (unpaired) electrons. The molecule has 0 atom stereocenters. The van der Waals surface area contributed by atoms with Gasteiger partial charge in [-0.2, -0.15) is 4.37 Å². The number of hydrogen-bond donors (Lipinski definition) is 0. The van der Waals surface area contributed by atoms with Crippen molar-refractivity contribution < 1.29 is 4.39 Å². The molecule has 1 saturated carbocycles. The molecule has 1 aromatic carbocycles. The number of rotatable bonds is 4. The summed E-state index contributed by atoms with van der Waals surface area (Å²) in [6.45, 7) is 0. The van der Waals surface area contributed by atoms with E-state index in [4.69, 9.17) is 0 Å². The third-order valence-corrected chi connectivity index (χ3v) is 5.30. The molecular formula is C14H12FN5S2. The highest BCUT2D eigenvalue weighted by Gasteiger charge is 2.28. The Labute approximate surface area is 134 Å². The van der Waals surface area contributed by atoms with Gasteiger partial charge in [0.15, 0.2) is 15.3 Å². The number of benzene rings is 1. The van der Waals surface area contributed by atoms with Gasteiger partial charge in [-0.05, 0) is 48.3 Å². The SMILES string of the molecule is Cn1c(Sc2nc(C3CC3)ns2)nnc1-c1ccccc1F. The fourth-order valence-electron chi connectivity index (χ4n) is 2.13. The van der Waals surface area contributed by atoms with Crippen LogP contribution in [-0.4, -0.2) is 24.1 Å². The van der Waals surface area contributed by atoms with Gasteiger partial charge in [0.25, 0.3) is 0 Å². The van der Waals surface area contributed by atoms with Gasteiger partial charge in [-0.1, -0.05) is 12.1 Å². The molecule has 0 aliphatic heterocycles. The van der Waals surface area contributed by atoms with Crippen LogP contribution < -0.4 is 0 Å². The maximum Gasteiger partial charge on any atom is 0.198 e. The Kier molecular flexibility index (Phi) is 3.42. The summed E-state index contributed by atoms with van der Waals surface area (Å²) < 4.78 is 20.9. The van der Waals surface area contributed by atoms with Crippen LogP contribution >= 0.6 is 23.3 Å². The van der Waals surface area contributed by atoms with Crippen LogP contribution in [0.25, 0.3) is 11.4 Å². The highest BCUT2D eigenvalue weighted by Crippen LogP contribution is 2.40. The molecule has 0 amide bonds. The van der Waals surface area contributed by atoms with Crippen molar-refractivity contribution in [2.75, 3.05) is 0 Å². The Morgan fingerprint density at radius 3 is 2.86 bits per heavy atom. The first kappa shape index (κ1) is 13.8. The molecule has 5 nitrogen and oxygen atoms in total. The number of nitrogens with zero attached hydrogens (tertiary/aromatic N) is 5. The molecular weight excluding hydrogens is 321 g/mol. The van der Waals surface area contributed by atoms with Crippen LogP contribution in [0, 0.1) is 5.82 Å². The van der Waals surface area contributed by atoms with Crippen LogP contribution in [0.4, 0.5) is 4.39 Å². The predicted octanol–water partition coefficient (Wildman–Crippen LogP) is 3.50. The standard InChI is InChI=1S/C14H12FN5S2/c1-20-12(9-4-2-3-5-10(9)15)17-18-13(20)21-14-16-11(19-22-14)8-6-7-8/h2-5,8H,6-7H2,1H3. The minimum absolute atomic E-state index is 0.304. The van der Waals surface area contributed by atoms with E-state index in [2.05, 4.69) is 19.6 Å². The first-order chi connectivity index (χ1) is 10.7. The van der Waals surface area contributed by atoms with E-state index >= 15 is 0 Å². The molecule has 1 fully saturated rings. The zero-order chi connectivity index (χ0) is 15.1. The van der Waals surface area contributed by atoms with Crippen molar-refractivity contribution in [2.24, 2.45) is 7.05 Å². The van der Waals surface area contributed by atoms with Crippen LogP contribution in [-0.2, 0) is 7.05 Å². The Morgan fingerprint density at radius 2 is 2.09 bits per heavy atom. The summed E-state index contributed by atoms with van der Waals surface area (Å²) in [6.07, 6.45) is 2.37. The van der Waals surface area contributed by atoms with Gasteiger partial charge < -0.3 is 4.57 Å². The zero-order valence-electron chi connectivity index (χ0n) is 11.7. The summed E-state index contributed by atoms with van der Waals surface area (Å²) >= 11 is 2.79. The second-order valence-corrected chi connectivity index (χ2v) is 7.11. The predicted molar refractivity (Wildman–Crippen MR) is 82.4 cm³/mol. The van der Waals surface area contributed by atoms with Crippen LogP contribution in [0.3, 0.4) is 0 Å². The summed E-state index contributed by atoms with van der Waals surface area (Å²) in [7, 11) is 1.83. The van der Waals surface area contributed by atoms with Gasteiger partial charge in [-0.25, -0.2) is 9.37 Å². The van der Waals surface area contributed by atoms with Crippen molar-refractivity contribution >= 4 is 23.3 Å². The zero-order valence-corrected chi connectivity index (χ0v) is 13.4. The van der Waals surface area contributed by atoms with E-state index in [0.717, 1.165) is 10.2 Å². The van der Waals surface area contributed by atoms with Crippen LogP contribution in [0.5, 0.6) is 0 Å². The Hall–Kier alpha value is -1.80. The first-order valence-electron chi connectivity index (χ1n) is 6.88. The lowest BCUT2D eigenvalue weighted by Gasteiger charge is -2.03. The third kappa shape index (κ3) is 2.52.